The average Bonchev–Trinajstić information content (AvgIpc) is 2.35. The molecule has 18 heavy (non-hydrogen) atoms. The molecule has 0 aliphatic carbocycles. The van der Waals surface area contributed by atoms with Crippen molar-refractivity contribution in [2.24, 2.45) is 5.92 Å². The predicted molar refractivity (Wildman–Crippen MR) is 74.3 cm³/mol. The smallest absolute Gasteiger partial charge is 0.253 e. The first kappa shape index (κ1) is 14.7. The number of hydrogen-bond acceptors (Lipinski definition) is 5. The van der Waals surface area contributed by atoms with E-state index in [1.165, 1.54) is 0 Å². The topological polar surface area (TPSA) is 67.4 Å². The van der Waals surface area contributed by atoms with Crippen LogP contribution in [-0.2, 0) is 4.74 Å². The van der Waals surface area contributed by atoms with Gasteiger partial charge in [-0.15, -0.1) is 0 Å². The van der Waals surface area contributed by atoms with Gasteiger partial charge in [-0.05, 0) is 18.8 Å². The molecule has 0 amide bonds. The predicted octanol–water partition coefficient (Wildman–Crippen LogP) is 1.19. The van der Waals surface area contributed by atoms with Crippen LogP contribution in [0.3, 0.4) is 0 Å². The average molecular weight is 254 g/mol. The van der Waals surface area contributed by atoms with Crippen molar-refractivity contribution < 1.29 is 4.74 Å². The molecule has 0 saturated heterocycles. The largest absolute Gasteiger partial charge is 0.383 e. The van der Waals surface area contributed by atoms with Crippen molar-refractivity contribution in [2.45, 2.75) is 26.7 Å². The minimum atomic E-state index is -0.433. The summed E-state index contributed by atoms with van der Waals surface area (Å²) >= 11 is 0. The maximum atomic E-state index is 11.4. The van der Waals surface area contributed by atoms with E-state index in [-0.39, 0.29) is 0 Å². The van der Waals surface area contributed by atoms with Crippen LogP contribution in [-0.4, -0.2) is 26.8 Å². The Kier molecular flexibility index (Phi) is 5.85. The molecule has 1 aromatic rings. The number of rotatable bonds is 9. The minimum Gasteiger partial charge on any atom is -0.383 e. The highest BCUT2D eigenvalue weighted by Gasteiger charge is 2.19. The molecule has 1 rings (SSSR count). The summed E-state index contributed by atoms with van der Waals surface area (Å²) < 4.78 is 4.88. The Morgan fingerprint density at radius 2 is 1.61 bits per heavy atom. The van der Waals surface area contributed by atoms with Crippen molar-refractivity contribution in [2.75, 3.05) is 37.4 Å². The van der Waals surface area contributed by atoms with E-state index in [9.17, 15) is 9.59 Å². The molecule has 5 heteroatoms. The van der Waals surface area contributed by atoms with Gasteiger partial charge in [0.25, 0.3) is 10.9 Å². The second kappa shape index (κ2) is 7.16. The summed E-state index contributed by atoms with van der Waals surface area (Å²) in [7, 11) is 1.59. The molecule has 0 bridgehead atoms. The molecule has 0 atom stereocenters. The van der Waals surface area contributed by atoms with E-state index in [0.717, 1.165) is 19.4 Å². The van der Waals surface area contributed by atoms with Crippen molar-refractivity contribution >= 4 is 11.4 Å². The number of anilines is 2. The lowest BCUT2D eigenvalue weighted by Crippen LogP contribution is -2.38. The van der Waals surface area contributed by atoms with Crippen molar-refractivity contribution in [3.63, 3.8) is 0 Å². The second-order valence-electron chi connectivity index (χ2n) is 4.79. The molecule has 0 saturated carbocycles. The number of hydrogen-bond donors (Lipinski definition) is 2. The van der Waals surface area contributed by atoms with E-state index >= 15 is 0 Å². The summed E-state index contributed by atoms with van der Waals surface area (Å²) in [6.45, 7) is 6.08. The summed E-state index contributed by atoms with van der Waals surface area (Å²) in [5.74, 6) is 0.652. The maximum Gasteiger partial charge on any atom is 0.253 e. The Morgan fingerprint density at radius 1 is 1.06 bits per heavy atom. The van der Waals surface area contributed by atoms with Gasteiger partial charge < -0.3 is 15.4 Å². The minimum absolute atomic E-state index is 0.404. The molecule has 0 heterocycles. The third-order valence-electron chi connectivity index (χ3n) is 2.78. The van der Waals surface area contributed by atoms with Crippen LogP contribution in [0.15, 0.2) is 9.59 Å². The van der Waals surface area contributed by atoms with Gasteiger partial charge in [0.05, 0.1) is 6.61 Å². The van der Waals surface area contributed by atoms with Gasteiger partial charge in [0.1, 0.15) is 11.4 Å². The highest BCUT2D eigenvalue weighted by Crippen LogP contribution is 2.14. The van der Waals surface area contributed by atoms with E-state index in [1.807, 2.05) is 0 Å². The van der Waals surface area contributed by atoms with Gasteiger partial charge in [-0.3, -0.25) is 9.59 Å². The number of methoxy groups -OCH3 is 1. The van der Waals surface area contributed by atoms with Gasteiger partial charge in [0.15, 0.2) is 0 Å². The zero-order valence-corrected chi connectivity index (χ0v) is 11.3. The van der Waals surface area contributed by atoms with E-state index in [4.69, 9.17) is 4.74 Å². The van der Waals surface area contributed by atoms with Gasteiger partial charge in [-0.1, -0.05) is 13.8 Å². The first-order valence-corrected chi connectivity index (χ1v) is 6.38. The third kappa shape index (κ3) is 3.84. The van der Waals surface area contributed by atoms with E-state index < -0.39 is 10.9 Å². The summed E-state index contributed by atoms with van der Waals surface area (Å²) in [5, 5.41) is 5.96. The van der Waals surface area contributed by atoms with Gasteiger partial charge in [-0.25, -0.2) is 0 Å². The SMILES string of the molecule is COCCNc1c(NCCCC(C)C)c(=O)c1=O. The highest BCUT2D eigenvalue weighted by atomic mass is 16.5. The normalized spacial score (nSPS) is 11.1. The van der Waals surface area contributed by atoms with Crippen LogP contribution in [0.25, 0.3) is 0 Å². The highest BCUT2D eigenvalue weighted by molar-refractivity contribution is 5.73. The number of nitrogens with one attached hydrogen (secondary N) is 2. The van der Waals surface area contributed by atoms with E-state index in [0.29, 0.717) is 30.4 Å². The van der Waals surface area contributed by atoms with Crippen molar-refractivity contribution in [1.82, 2.24) is 0 Å². The van der Waals surface area contributed by atoms with Crippen LogP contribution in [0, 0.1) is 5.92 Å². The van der Waals surface area contributed by atoms with Crippen LogP contribution in [0.4, 0.5) is 11.4 Å². The second-order valence-corrected chi connectivity index (χ2v) is 4.79. The van der Waals surface area contributed by atoms with Gasteiger partial charge in [0, 0.05) is 20.2 Å². The molecule has 5 nitrogen and oxygen atoms in total. The van der Waals surface area contributed by atoms with E-state index in [2.05, 4.69) is 24.5 Å². The summed E-state index contributed by atoms with van der Waals surface area (Å²) in [5.41, 5.74) is -0.0154. The Labute approximate surface area is 107 Å². The standard InChI is InChI=1S/C13H22N2O3/c1-9(2)5-4-6-14-10-11(13(17)12(10)16)15-7-8-18-3/h9,14-15H,4-8H2,1-3H3. The summed E-state index contributed by atoms with van der Waals surface area (Å²) in [6, 6.07) is 0. The van der Waals surface area contributed by atoms with Gasteiger partial charge in [-0.2, -0.15) is 0 Å². The lowest BCUT2D eigenvalue weighted by Gasteiger charge is -2.14. The van der Waals surface area contributed by atoms with Gasteiger partial charge >= 0.3 is 0 Å². The molecule has 0 aromatic heterocycles. The molecule has 1 aromatic carbocycles. The molecular weight excluding hydrogens is 232 g/mol. The zero-order valence-electron chi connectivity index (χ0n) is 11.3. The lowest BCUT2D eigenvalue weighted by molar-refractivity contribution is 0.210. The van der Waals surface area contributed by atoms with E-state index in [1.54, 1.807) is 7.11 Å². The maximum absolute atomic E-state index is 11.4. The van der Waals surface area contributed by atoms with Crippen LogP contribution in [0.1, 0.15) is 26.7 Å². The van der Waals surface area contributed by atoms with Crippen LogP contribution < -0.4 is 21.5 Å². The summed E-state index contributed by atoms with van der Waals surface area (Å²) in [6.07, 6.45) is 2.10. The zero-order chi connectivity index (χ0) is 13.5. The Hall–Kier alpha value is -1.36. The fourth-order valence-corrected chi connectivity index (χ4v) is 1.73. The molecule has 102 valence electrons. The third-order valence-corrected chi connectivity index (χ3v) is 2.78. The van der Waals surface area contributed by atoms with Crippen molar-refractivity contribution in [3.8, 4) is 0 Å². The van der Waals surface area contributed by atoms with Crippen molar-refractivity contribution in [3.05, 3.63) is 20.4 Å². The molecule has 2 N–H and O–H groups in total. The molecule has 0 unspecified atom stereocenters. The molecule has 0 aliphatic heterocycles. The first-order chi connectivity index (χ1) is 8.57. The number of ether oxygens (including phenoxy) is 1. The Bertz CT molecular complexity index is 433. The fourth-order valence-electron chi connectivity index (χ4n) is 1.73. The quantitative estimate of drug-likeness (QED) is 0.512. The van der Waals surface area contributed by atoms with Gasteiger partial charge in [0.2, 0.25) is 0 Å². The monoisotopic (exact) mass is 254 g/mol. The molecule has 0 aliphatic rings. The Balaban J connectivity index is 2.42. The lowest BCUT2D eigenvalue weighted by atomic mass is 10.1. The van der Waals surface area contributed by atoms with Crippen LogP contribution >= 0.6 is 0 Å². The molecule has 0 radical (unpaired) electrons. The molecular formula is C13H22N2O3. The van der Waals surface area contributed by atoms with Crippen molar-refractivity contribution in [1.29, 1.82) is 0 Å². The summed E-state index contributed by atoms with van der Waals surface area (Å²) in [4.78, 5) is 22.7. The first-order valence-electron chi connectivity index (χ1n) is 6.38. The molecule has 0 spiro atoms. The molecule has 0 fully saturated rings. The Morgan fingerprint density at radius 3 is 2.11 bits per heavy atom. The van der Waals surface area contributed by atoms with Crippen LogP contribution in [0.2, 0.25) is 0 Å². The fraction of sp³-hybridized carbons (Fsp3) is 0.692. The van der Waals surface area contributed by atoms with Crippen LogP contribution in [0.5, 0.6) is 0 Å².